The van der Waals surface area contributed by atoms with Gasteiger partial charge in [0, 0.05) is 43.6 Å². The molecular formula is C21H24N6O. The molecule has 2 aromatic heterocycles. The van der Waals surface area contributed by atoms with Crippen LogP contribution in [0.3, 0.4) is 0 Å². The monoisotopic (exact) mass is 376 g/mol. The van der Waals surface area contributed by atoms with Gasteiger partial charge in [0.15, 0.2) is 0 Å². The van der Waals surface area contributed by atoms with Crippen LogP contribution in [0.15, 0.2) is 48.9 Å². The molecule has 0 aliphatic carbocycles. The number of anilines is 2. The summed E-state index contributed by atoms with van der Waals surface area (Å²) in [6.45, 7) is 4.44. The van der Waals surface area contributed by atoms with E-state index in [-0.39, 0.29) is 6.03 Å². The predicted molar refractivity (Wildman–Crippen MR) is 110 cm³/mol. The maximum absolute atomic E-state index is 12.5. The number of carbonyl (C=O) groups excluding carboxylic acids is 1. The molecule has 1 aliphatic heterocycles. The van der Waals surface area contributed by atoms with E-state index in [4.69, 9.17) is 0 Å². The third-order valence-electron chi connectivity index (χ3n) is 5.12. The number of carbonyl (C=O) groups is 1. The van der Waals surface area contributed by atoms with E-state index >= 15 is 0 Å². The highest BCUT2D eigenvalue weighted by Crippen LogP contribution is 2.24. The fourth-order valence-corrected chi connectivity index (χ4v) is 3.69. The van der Waals surface area contributed by atoms with Crippen molar-refractivity contribution in [3.63, 3.8) is 0 Å². The minimum Gasteiger partial charge on any atom is -0.340 e. The second-order valence-electron chi connectivity index (χ2n) is 7.17. The molecule has 0 radical (unpaired) electrons. The smallest absolute Gasteiger partial charge is 0.319 e. The Hall–Kier alpha value is -3.22. The Kier molecular flexibility index (Phi) is 5.32. The molecule has 2 N–H and O–H groups in total. The van der Waals surface area contributed by atoms with Crippen LogP contribution in [0.25, 0.3) is 10.9 Å². The molecule has 3 aromatic rings. The summed E-state index contributed by atoms with van der Waals surface area (Å²) in [5, 5.41) is 6.93. The molecule has 1 atom stereocenters. The van der Waals surface area contributed by atoms with E-state index < -0.39 is 0 Å². The van der Waals surface area contributed by atoms with Gasteiger partial charge in [0.05, 0.1) is 11.2 Å². The number of nitrogens with zero attached hydrogens (tertiary/aromatic N) is 4. The van der Waals surface area contributed by atoms with Crippen molar-refractivity contribution in [2.45, 2.75) is 19.8 Å². The maximum atomic E-state index is 12.5. The highest BCUT2D eigenvalue weighted by molar-refractivity contribution is 6.01. The Bertz CT molecular complexity index is 962. The molecule has 1 unspecified atom stereocenters. The normalized spacial score (nSPS) is 16.8. The topological polar surface area (TPSA) is 83.0 Å². The van der Waals surface area contributed by atoms with Crippen LogP contribution in [0, 0.1) is 12.8 Å². The zero-order valence-electron chi connectivity index (χ0n) is 15.9. The molecule has 7 heteroatoms. The van der Waals surface area contributed by atoms with Gasteiger partial charge in [-0.15, -0.1) is 0 Å². The average Bonchev–Trinajstić information content (AvgIpc) is 2.75. The van der Waals surface area contributed by atoms with E-state index in [2.05, 4.69) is 30.5 Å². The lowest BCUT2D eigenvalue weighted by atomic mass is 9.98. The fourth-order valence-electron chi connectivity index (χ4n) is 3.69. The number of piperidine rings is 1. The molecule has 0 spiro atoms. The van der Waals surface area contributed by atoms with Crippen LogP contribution in [-0.4, -0.2) is 40.6 Å². The van der Waals surface area contributed by atoms with Gasteiger partial charge < -0.3 is 15.5 Å². The number of benzene rings is 1. The number of hydrogen-bond acceptors (Lipinski definition) is 5. The van der Waals surface area contributed by atoms with Crippen LogP contribution < -0.4 is 15.5 Å². The molecule has 7 nitrogen and oxygen atoms in total. The third-order valence-corrected chi connectivity index (χ3v) is 5.12. The van der Waals surface area contributed by atoms with E-state index in [0.717, 1.165) is 54.0 Å². The van der Waals surface area contributed by atoms with Crippen LogP contribution >= 0.6 is 0 Å². The Morgan fingerprint density at radius 3 is 2.82 bits per heavy atom. The number of fused-ring (bicyclic) bond motifs is 1. The molecule has 0 bridgehead atoms. The average molecular weight is 376 g/mol. The highest BCUT2D eigenvalue weighted by atomic mass is 16.2. The number of nitrogens with one attached hydrogen (secondary N) is 2. The fraction of sp³-hybridized carbons (Fsp3) is 0.333. The summed E-state index contributed by atoms with van der Waals surface area (Å²) in [5.41, 5.74) is 2.77. The van der Waals surface area contributed by atoms with Gasteiger partial charge in [0.25, 0.3) is 0 Å². The standard InChI is InChI=1S/C21H24N6O/c1-15-7-8-18(17-6-2-9-22-19(15)17)26-21(28)25-13-16-5-3-12-27(14-16)20-23-10-4-11-24-20/h2,4,6-11,16H,3,5,12-14H2,1H3,(H2,25,26,28). The highest BCUT2D eigenvalue weighted by Gasteiger charge is 2.22. The Balaban J connectivity index is 1.35. The number of aromatic nitrogens is 3. The number of pyridine rings is 1. The molecule has 3 heterocycles. The van der Waals surface area contributed by atoms with Crippen molar-refractivity contribution < 1.29 is 4.79 Å². The Morgan fingerprint density at radius 2 is 1.96 bits per heavy atom. The second-order valence-corrected chi connectivity index (χ2v) is 7.17. The maximum Gasteiger partial charge on any atom is 0.319 e. The van der Waals surface area contributed by atoms with Crippen molar-refractivity contribution in [2.75, 3.05) is 29.9 Å². The zero-order valence-corrected chi connectivity index (χ0v) is 15.9. The number of urea groups is 1. The summed E-state index contributed by atoms with van der Waals surface area (Å²) in [6, 6.07) is 9.39. The first-order valence-corrected chi connectivity index (χ1v) is 9.62. The van der Waals surface area contributed by atoms with E-state index in [9.17, 15) is 4.79 Å². The summed E-state index contributed by atoms with van der Waals surface area (Å²) in [6.07, 6.45) is 7.45. The van der Waals surface area contributed by atoms with Gasteiger partial charge in [-0.25, -0.2) is 14.8 Å². The van der Waals surface area contributed by atoms with Gasteiger partial charge >= 0.3 is 6.03 Å². The van der Waals surface area contributed by atoms with Gasteiger partial charge in [-0.2, -0.15) is 0 Å². The molecule has 1 aromatic carbocycles. The summed E-state index contributed by atoms with van der Waals surface area (Å²) < 4.78 is 0. The first-order chi connectivity index (χ1) is 13.7. The Morgan fingerprint density at radius 1 is 1.14 bits per heavy atom. The summed E-state index contributed by atoms with van der Waals surface area (Å²) >= 11 is 0. The molecular weight excluding hydrogens is 352 g/mol. The lowest BCUT2D eigenvalue weighted by molar-refractivity contribution is 0.249. The molecule has 1 fully saturated rings. The van der Waals surface area contributed by atoms with Crippen LogP contribution in [0.5, 0.6) is 0 Å². The van der Waals surface area contributed by atoms with Gasteiger partial charge in [-0.05, 0) is 55.5 Å². The quantitative estimate of drug-likeness (QED) is 0.729. The van der Waals surface area contributed by atoms with Gasteiger partial charge in [-0.1, -0.05) is 6.07 Å². The molecule has 2 amide bonds. The van der Waals surface area contributed by atoms with Crippen molar-refractivity contribution in [1.82, 2.24) is 20.3 Å². The number of hydrogen-bond donors (Lipinski definition) is 2. The summed E-state index contributed by atoms with van der Waals surface area (Å²) in [5.74, 6) is 1.13. The van der Waals surface area contributed by atoms with Crippen LogP contribution in [-0.2, 0) is 0 Å². The summed E-state index contributed by atoms with van der Waals surface area (Å²) in [7, 11) is 0. The van der Waals surface area contributed by atoms with Crippen LogP contribution in [0.1, 0.15) is 18.4 Å². The lowest BCUT2D eigenvalue weighted by Crippen LogP contribution is -2.42. The van der Waals surface area contributed by atoms with Crippen LogP contribution in [0.4, 0.5) is 16.4 Å². The van der Waals surface area contributed by atoms with Crippen molar-refractivity contribution in [3.05, 3.63) is 54.5 Å². The van der Waals surface area contributed by atoms with E-state index in [1.165, 1.54) is 0 Å². The molecule has 28 heavy (non-hydrogen) atoms. The van der Waals surface area contributed by atoms with Crippen molar-refractivity contribution in [1.29, 1.82) is 0 Å². The van der Waals surface area contributed by atoms with Crippen molar-refractivity contribution >= 4 is 28.6 Å². The molecule has 4 rings (SSSR count). The number of rotatable bonds is 4. The molecule has 144 valence electrons. The Labute approximate surface area is 164 Å². The lowest BCUT2D eigenvalue weighted by Gasteiger charge is -2.32. The van der Waals surface area contributed by atoms with Gasteiger partial charge in [0.1, 0.15) is 0 Å². The van der Waals surface area contributed by atoms with Crippen LogP contribution in [0.2, 0.25) is 0 Å². The third kappa shape index (κ3) is 4.03. The number of amides is 2. The molecule has 1 saturated heterocycles. The van der Waals surface area contributed by atoms with Gasteiger partial charge in [0.2, 0.25) is 5.95 Å². The predicted octanol–water partition coefficient (Wildman–Crippen LogP) is 3.37. The zero-order chi connectivity index (χ0) is 19.3. The van der Waals surface area contributed by atoms with Gasteiger partial charge in [-0.3, -0.25) is 4.98 Å². The van der Waals surface area contributed by atoms with E-state index in [0.29, 0.717) is 12.5 Å². The minimum absolute atomic E-state index is 0.193. The first kappa shape index (κ1) is 18.2. The van der Waals surface area contributed by atoms with E-state index in [1.807, 2.05) is 37.3 Å². The molecule has 1 aliphatic rings. The van der Waals surface area contributed by atoms with E-state index in [1.54, 1.807) is 18.6 Å². The van der Waals surface area contributed by atoms with Crippen molar-refractivity contribution in [3.8, 4) is 0 Å². The largest absolute Gasteiger partial charge is 0.340 e. The molecule has 0 saturated carbocycles. The van der Waals surface area contributed by atoms with Crippen molar-refractivity contribution in [2.24, 2.45) is 5.92 Å². The minimum atomic E-state index is -0.193. The first-order valence-electron chi connectivity index (χ1n) is 9.62. The number of aryl methyl sites for hydroxylation is 1. The summed E-state index contributed by atoms with van der Waals surface area (Å²) in [4.78, 5) is 27.7. The SMILES string of the molecule is Cc1ccc(NC(=O)NCC2CCCN(c3ncccn3)C2)c2cccnc12. The second kappa shape index (κ2) is 8.21.